The quantitative estimate of drug-likeness (QED) is 0.771. The number of aliphatic hydroxyl groups excluding tert-OH is 1. The Balaban J connectivity index is 2.12. The molecule has 0 saturated heterocycles. The van der Waals surface area contributed by atoms with Crippen LogP contribution in [-0.4, -0.2) is 17.5 Å². The van der Waals surface area contributed by atoms with Gasteiger partial charge in [0.25, 0.3) is 0 Å². The first-order valence-corrected chi connectivity index (χ1v) is 5.69. The number of allylic oxidation sites excluding steroid dienone is 1. The highest BCUT2D eigenvalue weighted by Crippen LogP contribution is 2.26. The van der Waals surface area contributed by atoms with Gasteiger partial charge < -0.3 is 5.11 Å². The number of hydrogen-bond acceptors (Lipinski definition) is 2. The molecule has 1 aliphatic carbocycles. The molecule has 2 heteroatoms. The first-order chi connectivity index (χ1) is 7.79. The topological polar surface area (TPSA) is 37.3 Å². The van der Waals surface area contributed by atoms with Crippen LogP contribution in [0.4, 0.5) is 0 Å². The molecule has 1 aromatic rings. The average molecular weight is 216 g/mol. The SMILES string of the molecule is O=C1CC(CO)CC/C1=C/c1ccccc1. The van der Waals surface area contributed by atoms with Gasteiger partial charge >= 0.3 is 0 Å². The fourth-order valence-electron chi connectivity index (χ4n) is 2.05. The molecule has 0 aromatic heterocycles. The second kappa shape index (κ2) is 5.08. The van der Waals surface area contributed by atoms with Crippen molar-refractivity contribution in [2.45, 2.75) is 19.3 Å². The van der Waals surface area contributed by atoms with Crippen LogP contribution in [0, 0.1) is 5.92 Å². The predicted octanol–water partition coefficient (Wildman–Crippen LogP) is 2.43. The van der Waals surface area contributed by atoms with Gasteiger partial charge in [0.15, 0.2) is 5.78 Å². The van der Waals surface area contributed by atoms with Crippen molar-refractivity contribution in [3.8, 4) is 0 Å². The Bertz CT molecular complexity index is 392. The van der Waals surface area contributed by atoms with Crippen molar-refractivity contribution in [2.75, 3.05) is 6.61 Å². The summed E-state index contributed by atoms with van der Waals surface area (Å²) in [5.74, 6) is 0.356. The lowest BCUT2D eigenvalue weighted by Crippen LogP contribution is -2.20. The van der Waals surface area contributed by atoms with E-state index in [2.05, 4.69) is 0 Å². The fourth-order valence-corrected chi connectivity index (χ4v) is 2.05. The van der Waals surface area contributed by atoms with Gasteiger partial charge in [-0.15, -0.1) is 0 Å². The molecule has 2 rings (SSSR count). The zero-order valence-corrected chi connectivity index (χ0v) is 9.23. The van der Waals surface area contributed by atoms with Gasteiger partial charge in [-0.2, -0.15) is 0 Å². The van der Waals surface area contributed by atoms with E-state index >= 15 is 0 Å². The molecule has 0 spiro atoms. The first kappa shape index (κ1) is 11.1. The van der Waals surface area contributed by atoms with E-state index in [4.69, 9.17) is 5.11 Å². The Morgan fingerprint density at radius 2 is 2.06 bits per heavy atom. The van der Waals surface area contributed by atoms with Gasteiger partial charge in [-0.05, 0) is 36.0 Å². The summed E-state index contributed by atoms with van der Waals surface area (Å²) in [6.07, 6.45) is 4.17. The molecule has 1 atom stereocenters. The van der Waals surface area contributed by atoms with Crippen LogP contribution in [-0.2, 0) is 4.79 Å². The van der Waals surface area contributed by atoms with Crippen molar-refractivity contribution in [3.63, 3.8) is 0 Å². The third-order valence-electron chi connectivity index (χ3n) is 3.05. The van der Waals surface area contributed by atoms with Crippen molar-refractivity contribution in [2.24, 2.45) is 5.92 Å². The standard InChI is InChI=1S/C14H16O2/c15-10-12-6-7-13(14(16)9-12)8-11-4-2-1-3-5-11/h1-5,8,12,15H,6-7,9-10H2/b13-8-. The molecule has 0 bridgehead atoms. The Morgan fingerprint density at radius 3 is 2.69 bits per heavy atom. The van der Waals surface area contributed by atoms with Crippen molar-refractivity contribution < 1.29 is 9.90 Å². The van der Waals surface area contributed by atoms with E-state index in [9.17, 15) is 4.79 Å². The van der Waals surface area contributed by atoms with Crippen LogP contribution in [0.15, 0.2) is 35.9 Å². The monoisotopic (exact) mass is 216 g/mol. The van der Waals surface area contributed by atoms with Gasteiger partial charge in [-0.25, -0.2) is 0 Å². The summed E-state index contributed by atoms with van der Waals surface area (Å²) in [5, 5.41) is 9.01. The third-order valence-corrected chi connectivity index (χ3v) is 3.05. The molecule has 0 aliphatic heterocycles. The largest absolute Gasteiger partial charge is 0.396 e. The van der Waals surface area contributed by atoms with Crippen LogP contribution < -0.4 is 0 Å². The van der Waals surface area contributed by atoms with Gasteiger partial charge in [0, 0.05) is 13.0 Å². The number of rotatable bonds is 2. The number of Topliss-reactive ketones (excluding diaryl/α,β-unsaturated/α-hetero) is 1. The smallest absolute Gasteiger partial charge is 0.159 e. The van der Waals surface area contributed by atoms with Gasteiger partial charge in [0.05, 0.1) is 0 Å². The zero-order chi connectivity index (χ0) is 11.4. The maximum Gasteiger partial charge on any atom is 0.159 e. The van der Waals surface area contributed by atoms with Crippen LogP contribution in [0.5, 0.6) is 0 Å². The van der Waals surface area contributed by atoms with E-state index in [0.29, 0.717) is 6.42 Å². The van der Waals surface area contributed by atoms with Crippen molar-refractivity contribution in [3.05, 3.63) is 41.5 Å². The molecule has 0 amide bonds. The molecule has 0 heterocycles. The minimum absolute atomic E-state index is 0.129. The van der Waals surface area contributed by atoms with Gasteiger partial charge in [0.1, 0.15) is 0 Å². The number of hydrogen-bond donors (Lipinski definition) is 1. The van der Waals surface area contributed by atoms with E-state index in [0.717, 1.165) is 24.0 Å². The summed E-state index contributed by atoms with van der Waals surface area (Å²) in [4.78, 5) is 11.8. The summed E-state index contributed by atoms with van der Waals surface area (Å²) >= 11 is 0. The van der Waals surface area contributed by atoms with Crippen LogP contribution in [0.1, 0.15) is 24.8 Å². The maximum atomic E-state index is 11.8. The third kappa shape index (κ3) is 2.58. The van der Waals surface area contributed by atoms with E-state index in [-0.39, 0.29) is 18.3 Å². The Labute approximate surface area is 95.6 Å². The molecule has 1 aliphatic rings. The minimum atomic E-state index is 0.129. The van der Waals surface area contributed by atoms with Crippen molar-refractivity contribution in [1.82, 2.24) is 0 Å². The second-order valence-electron chi connectivity index (χ2n) is 4.29. The minimum Gasteiger partial charge on any atom is -0.396 e. The highest BCUT2D eigenvalue weighted by molar-refractivity contribution is 6.00. The van der Waals surface area contributed by atoms with Gasteiger partial charge in [-0.3, -0.25) is 4.79 Å². The normalized spacial score (nSPS) is 23.7. The number of benzene rings is 1. The highest BCUT2D eigenvalue weighted by atomic mass is 16.3. The predicted molar refractivity (Wildman–Crippen MR) is 63.9 cm³/mol. The Morgan fingerprint density at radius 1 is 1.31 bits per heavy atom. The Kier molecular flexibility index (Phi) is 3.52. The molecule has 1 fully saturated rings. The fraction of sp³-hybridized carbons (Fsp3) is 0.357. The van der Waals surface area contributed by atoms with E-state index in [1.807, 2.05) is 36.4 Å². The molecular formula is C14H16O2. The Hall–Kier alpha value is -1.41. The van der Waals surface area contributed by atoms with E-state index in [1.165, 1.54) is 0 Å². The van der Waals surface area contributed by atoms with Crippen LogP contribution in [0.2, 0.25) is 0 Å². The van der Waals surface area contributed by atoms with E-state index in [1.54, 1.807) is 0 Å². The molecule has 1 aromatic carbocycles. The molecule has 84 valence electrons. The summed E-state index contributed by atoms with van der Waals surface area (Å²) in [6.45, 7) is 0.129. The average Bonchev–Trinajstić information content (AvgIpc) is 2.33. The van der Waals surface area contributed by atoms with Crippen LogP contribution in [0.25, 0.3) is 6.08 Å². The van der Waals surface area contributed by atoms with Gasteiger partial charge in [-0.1, -0.05) is 30.3 Å². The molecule has 2 nitrogen and oxygen atoms in total. The second-order valence-corrected chi connectivity index (χ2v) is 4.29. The number of ketones is 1. The molecular weight excluding hydrogens is 200 g/mol. The number of carbonyl (C=O) groups is 1. The lowest BCUT2D eigenvalue weighted by molar-refractivity contribution is -0.117. The number of aliphatic hydroxyl groups is 1. The summed E-state index contributed by atoms with van der Waals surface area (Å²) < 4.78 is 0. The molecule has 16 heavy (non-hydrogen) atoms. The van der Waals surface area contributed by atoms with Crippen molar-refractivity contribution >= 4 is 11.9 Å². The lowest BCUT2D eigenvalue weighted by Gasteiger charge is -2.20. The number of carbonyl (C=O) groups excluding carboxylic acids is 1. The maximum absolute atomic E-state index is 11.8. The lowest BCUT2D eigenvalue weighted by atomic mass is 9.84. The molecule has 1 saturated carbocycles. The molecule has 0 radical (unpaired) electrons. The molecule has 1 N–H and O–H groups in total. The van der Waals surface area contributed by atoms with Crippen LogP contribution in [0.3, 0.4) is 0 Å². The highest BCUT2D eigenvalue weighted by Gasteiger charge is 2.22. The summed E-state index contributed by atoms with van der Waals surface area (Å²) in [7, 11) is 0. The first-order valence-electron chi connectivity index (χ1n) is 5.69. The zero-order valence-electron chi connectivity index (χ0n) is 9.23. The molecule has 1 unspecified atom stereocenters. The van der Waals surface area contributed by atoms with E-state index < -0.39 is 0 Å². The van der Waals surface area contributed by atoms with Crippen molar-refractivity contribution in [1.29, 1.82) is 0 Å². The summed E-state index contributed by atoms with van der Waals surface area (Å²) in [6, 6.07) is 9.90. The van der Waals surface area contributed by atoms with Gasteiger partial charge in [0.2, 0.25) is 0 Å². The van der Waals surface area contributed by atoms with Crippen LogP contribution >= 0.6 is 0 Å². The summed E-state index contributed by atoms with van der Waals surface area (Å²) in [5.41, 5.74) is 1.98.